The van der Waals surface area contributed by atoms with Crippen LogP contribution in [0.1, 0.15) is 15.4 Å². The number of hydrogen-bond acceptors (Lipinski definition) is 5. The Morgan fingerprint density at radius 3 is 3.05 bits per heavy atom. The number of nitrogens with zero attached hydrogens (tertiary/aromatic N) is 3. The summed E-state index contributed by atoms with van der Waals surface area (Å²) < 4.78 is 1.62. The van der Waals surface area contributed by atoms with Crippen LogP contribution in [0.15, 0.2) is 48.2 Å². The fourth-order valence-electron chi connectivity index (χ4n) is 1.84. The quantitative estimate of drug-likeness (QED) is 0.720. The van der Waals surface area contributed by atoms with Gasteiger partial charge in [0.15, 0.2) is 5.69 Å². The van der Waals surface area contributed by atoms with E-state index in [9.17, 15) is 4.79 Å². The first-order valence-electron chi connectivity index (χ1n) is 6.29. The van der Waals surface area contributed by atoms with Gasteiger partial charge in [-0.15, -0.1) is 11.3 Å². The first-order valence-corrected chi connectivity index (χ1v) is 7.17. The van der Waals surface area contributed by atoms with Gasteiger partial charge in [0.1, 0.15) is 0 Å². The molecule has 0 radical (unpaired) electrons. The SMILES string of the molecule is Nc1cccc(-n2ccc(C(=O)NCc3cncs3)n2)c1. The zero-order chi connectivity index (χ0) is 14.7. The molecule has 3 rings (SSSR count). The number of hydrogen-bond donors (Lipinski definition) is 2. The van der Waals surface area contributed by atoms with Gasteiger partial charge in [0.05, 0.1) is 17.7 Å². The Bertz CT molecular complexity index is 750. The maximum absolute atomic E-state index is 12.0. The van der Waals surface area contributed by atoms with Crippen LogP contribution in [0.25, 0.3) is 5.69 Å². The fourth-order valence-corrected chi connectivity index (χ4v) is 2.38. The van der Waals surface area contributed by atoms with E-state index < -0.39 is 0 Å². The molecular weight excluding hydrogens is 286 g/mol. The van der Waals surface area contributed by atoms with Crippen LogP contribution >= 0.6 is 11.3 Å². The Balaban J connectivity index is 1.71. The monoisotopic (exact) mass is 299 g/mol. The molecule has 0 saturated heterocycles. The molecular formula is C14H13N5OS. The zero-order valence-corrected chi connectivity index (χ0v) is 11.9. The summed E-state index contributed by atoms with van der Waals surface area (Å²) in [6.07, 6.45) is 3.46. The van der Waals surface area contributed by atoms with Crippen LogP contribution in [0.2, 0.25) is 0 Å². The number of nitrogen functional groups attached to an aromatic ring is 1. The lowest BCUT2D eigenvalue weighted by Crippen LogP contribution is -2.23. The predicted molar refractivity (Wildman–Crippen MR) is 81.3 cm³/mol. The molecule has 2 aromatic heterocycles. The van der Waals surface area contributed by atoms with Crippen molar-refractivity contribution in [2.75, 3.05) is 5.73 Å². The zero-order valence-electron chi connectivity index (χ0n) is 11.1. The van der Waals surface area contributed by atoms with Crippen molar-refractivity contribution in [2.45, 2.75) is 6.54 Å². The lowest BCUT2D eigenvalue weighted by atomic mass is 10.3. The van der Waals surface area contributed by atoms with E-state index in [4.69, 9.17) is 5.73 Å². The van der Waals surface area contributed by atoms with E-state index in [1.165, 1.54) is 11.3 Å². The van der Waals surface area contributed by atoms with Gasteiger partial charge in [-0.3, -0.25) is 9.78 Å². The normalized spacial score (nSPS) is 10.5. The molecule has 106 valence electrons. The molecule has 3 N–H and O–H groups in total. The van der Waals surface area contributed by atoms with Gasteiger partial charge < -0.3 is 11.1 Å². The maximum atomic E-state index is 12.0. The Kier molecular flexibility index (Phi) is 3.65. The first kappa shape index (κ1) is 13.3. The Morgan fingerprint density at radius 2 is 2.29 bits per heavy atom. The number of thiazole rings is 1. The predicted octanol–water partition coefficient (Wildman–Crippen LogP) is 1.84. The van der Waals surface area contributed by atoms with Crippen LogP contribution in [0.3, 0.4) is 0 Å². The number of carbonyl (C=O) groups excluding carboxylic acids is 1. The second-order valence-corrected chi connectivity index (χ2v) is 5.36. The van der Waals surface area contributed by atoms with Crippen molar-refractivity contribution >= 4 is 22.9 Å². The average molecular weight is 299 g/mol. The summed E-state index contributed by atoms with van der Waals surface area (Å²) in [7, 11) is 0. The van der Waals surface area contributed by atoms with Crippen LogP contribution in [0.4, 0.5) is 5.69 Å². The molecule has 0 aliphatic rings. The van der Waals surface area contributed by atoms with Gasteiger partial charge in [-0.05, 0) is 24.3 Å². The highest BCUT2D eigenvalue weighted by Crippen LogP contribution is 2.12. The second-order valence-electron chi connectivity index (χ2n) is 4.39. The second kappa shape index (κ2) is 5.76. The molecule has 1 amide bonds. The number of rotatable bonds is 4. The highest BCUT2D eigenvalue weighted by Gasteiger charge is 2.10. The van der Waals surface area contributed by atoms with Gasteiger partial charge in [-0.2, -0.15) is 5.10 Å². The first-order chi connectivity index (χ1) is 10.2. The summed E-state index contributed by atoms with van der Waals surface area (Å²) in [5, 5.41) is 7.07. The van der Waals surface area contributed by atoms with E-state index >= 15 is 0 Å². The molecule has 0 unspecified atom stereocenters. The maximum Gasteiger partial charge on any atom is 0.272 e. The molecule has 0 fully saturated rings. The van der Waals surface area contributed by atoms with E-state index in [0.29, 0.717) is 17.9 Å². The van der Waals surface area contributed by atoms with Gasteiger partial charge in [0.2, 0.25) is 0 Å². The minimum absolute atomic E-state index is 0.217. The van der Waals surface area contributed by atoms with Crippen LogP contribution in [-0.4, -0.2) is 20.7 Å². The summed E-state index contributed by atoms with van der Waals surface area (Å²) in [5.41, 5.74) is 9.30. The number of anilines is 1. The third-order valence-corrected chi connectivity index (χ3v) is 3.64. The molecule has 3 aromatic rings. The average Bonchev–Trinajstić information content (AvgIpc) is 3.16. The molecule has 0 aliphatic heterocycles. The van der Waals surface area contributed by atoms with Crippen LogP contribution in [0.5, 0.6) is 0 Å². The molecule has 7 heteroatoms. The lowest BCUT2D eigenvalue weighted by Gasteiger charge is -2.02. The minimum atomic E-state index is -0.217. The van der Waals surface area contributed by atoms with Gasteiger partial charge in [0.25, 0.3) is 5.91 Å². The summed E-state index contributed by atoms with van der Waals surface area (Å²) in [4.78, 5) is 17.0. The minimum Gasteiger partial charge on any atom is -0.399 e. The van der Waals surface area contributed by atoms with Crippen molar-refractivity contribution in [2.24, 2.45) is 0 Å². The van der Waals surface area contributed by atoms with Crippen molar-refractivity contribution in [1.82, 2.24) is 20.1 Å². The Hall–Kier alpha value is -2.67. The van der Waals surface area contributed by atoms with Crippen molar-refractivity contribution in [3.8, 4) is 5.69 Å². The van der Waals surface area contributed by atoms with Gasteiger partial charge in [-0.25, -0.2) is 4.68 Å². The van der Waals surface area contributed by atoms with Crippen molar-refractivity contribution in [3.63, 3.8) is 0 Å². The molecule has 0 saturated carbocycles. The van der Waals surface area contributed by atoms with Crippen LogP contribution < -0.4 is 11.1 Å². The standard InChI is InChI=1S/C14H13N5OS/c15-10-2-1-3-11(6-10)19-5-4-13(18-19)14(20)17-8-12-7-16-9-21-12/h1-7,9H,8,15H2,(H,17,20). The number of benzene rings is 1. The molecule has 2 heterocycles. The summed E-state index contributed by atoms with van der Waals surface area (Å²) >= 11 is 1.50. The van der Waals surface area contributed by atoms with E-state index in [1.54, 1.807) is 40.8 Å². The summed E-state index contributed by atoms with van der Waals surface area (Å²) in [6, 6.07) is 8.99. The van der Waals surface area contributed by atoms with Crippen molar-refractivity contribution < 1.29 is 4.79 Å². The Labute approximate surface area is 125 Å². The Morgan fingerprint density at radius 1 is 1.38 bits per heavy atom. The fraction of sp³-hybridized carbons (Fsp3) is 0.0714. The summed E-state index contributed by atoms with van der Waals surface area (Å²) in [6.45, 7) is 0.453. The van der Waals surface area contributed by atoms with E-state index in [-0.39, 0.29) is 5.91 Å². The number of carbonyl (C=O) groups is 1. The number of amides is 1. The topological polar surface area (TPSA) is 85.8 Å². The van der Waals surface area contributed by atoms with Crippen LogP contribution in [0, 0.1) is 0 Å². The third-order valence-electron chi connectivity index (χ3n) is 2.86. The number of nitrogens with one attached hydrogen (secondary N) is 1. The van der Waals surface area contributed by atoms with Gasteiger partial charge in [-0.1, -0.05) is 6.07 Å². The van der Waals surface area contributed by atoms with Gasteiger partial charge in [0, 0.05) is 23.0 Å². The number of aromatic nitrogens is 3. The van der Waals surface area contributed by atoms with Crippen LogP contribution in [-0.2, 0) is 6.54 Å². The lowest BCUT2D eigenvalue weighted by molar-refractivity contribution is 0.0946. The molecule has 0 aliphatic carbocycles. The molecule has 0 atom stereocenters. The summed E-state index contributed by atoms with van der Waals surface area (Å²) in [5.74, 6) is -0.217. The molecule has 1 aromatic carbocycles. The number of nitrogens with two attached hydrogens (primary N) is 1. The molecule has 0 bridgehead atoms. The van der Waals surface area contributed by atoms with Crippen molar-refractivity contribution in [3.05, 3.63) is 58.8 Å². The van der Waals surface area contributed by atoms with E-state index in [0.717, 1.165) is 10.6 Å². The highest BCUT2D eigenvalue weighted by molar-refractivity contribution is 7.09. The third kappa shape index (κ3) is 3.09. The smallest absolute Gasteiger partial charge is 0.272 e. The van der Waals surface area contributed by atoms with E-state index in [2.05, 4.69) is 15.4 Å². The highest BCUT2D eigenvalue weighted by atomic mass is 32.1. The van der Waals surface area contributed by atoms with Crippen molar-refractivity contribution in [1.29, 1.82) is 0 Å². The molecule has 21 heavy (non-hydrogen) atoms. The molecule has 0 spiro atoms. The molecule has 6 nitrogen and oxygen atoms in total. The van der Waals surface area contributed by atoms with E-state index in [1.807, 2.05) is 12.1 Å². The largest absolute Gasteiger partial charge is 0.399 e. The van der Waals surface area contributed by atoms with Gasteiger partial charge >= 0.3 is 0 Å².